The first-order valence-corrected chi connectivity index (χ1v) is 11.9. The van der Waals surface area contributed by atoms with E-state index in [1.807, 2.05) is 66.2 Å². The number of carbonyl (C=O) groups is 1. The number of primary amides is 1. The number of aromatic nitrogens is 4. The monoisotopic (exact) mass is 512 g/mol. The zero-order valence-corrected chi connectivity index (χ0v) is 20.3. The van der Waals surface area contributed by atoms with Crippen molar-refractivity contribution in [3.63, 3.8) is 0 Å². The number of carbonyl (C=O) groups excluding carboxylic acids is 1. The predicted molar refractivity (Wildman–Crippen MR) is 141 cm³/mol. The zero-order chi connectivity index (χ0) is 25.9. The van der Waals surface area contributed by atoms with E-state index in [0.29, 0.717) is 16.9 Å². The number of nitrogens with one attached hydrogen (secondary N) is 2. The lowest BCUT2D eigenvalue weighted by Crippen LogP contribution is -2.24. The average Bonchev–Trinajstić information content (AvgIpc) is 3.45. The van der Waals surface area contributed by atoms with Gasteiger partial charge in [0.15, 0.2) is 0 Å². The van der Waals surface area contributed by atoms with Gasteiger partial charge in [0, 0.05) is 22.6 Å². The summed E-state index contributed by atoms with van der Waals surface area (Å²) in [4.78, 5) is 30.3. The molecule has 184 valence electrons. The second-order valence-electron chi connectivity index (χ2n) is 7.96. The number of amides is 2. The number of hydrogen-bond acceptors (Lipinski definition) is 7. The maximum atomic E-state index is 11.1. The number of rotatable bonds is 7. The molecule has 0 saturated heterocycles. The SMILES string of the molecule is Cc1nn(-c2ccccc2)c(Sc2ccc(-c3nc4ccc([N+](=O)[O-])cc4[nH]3)cc2)c1/C=N/NC(N)=O. The Hall–Kier alpha value is -4.97. The second-order valence-corrected chi connectivity index (χ2v) is 9.02. The quantitative estimate of drug-likeness (QED) is 0.162. The number of nitro benzene ring substituents is 1. The minimum absolute atomic E-state index is 0.00476. The van der Waals surface area contributed by atoms with Crippen molar-refractivity contribution in [1.82, 2.24) is 25.2 Å². The standard InChI is InChI=1S/C25H20N8O3S/c1-15-20(14-27-30-25(26)34)24(32(31-15)17-5-3-2-4-6-17)37-19-10-7-16(8-11-19)23-28-21-12-9-18(33(35)36)13-22(21)29-23/h2-14H,1H3,(H,28,29)(H3,26,30,34)/b27-14+. The molecule has 0 aliphatic carbocycles. The van der Waals surface area contributed by atoms with Crippen LogP contribution in [0.5, 0.6) is 0 Å². The Labute approximate surface area is 214 Å². The first kappa shape index (κ1) is 23.8. The van der Waals surface area contributed by atoms with Gasteiger partial charge in [0.05, 0.1) is 39.1 Å². The summed E-state index contributed by atoms with van der Waals surface area (Å²) >= 11 is 1.49. The van der Waals surface area contributed by atoms with E-state index in [2.05, 4.69) is 25.6 Å². The molecule has 0 spiro atoms. The summed E-state index contributed by atoms with van der Waals surface area (Å²) in [6, 6.07) is 21.2. The highest BCUT2D eigenvalue weighted by atomic mass is 32.2. The number of nitro groups is 1. The molecule has 4 N–H and O–H groups in total. The summed E-state index contributed by atoms with van der Waals surface area (Å²) in [5, 5.41) is 20.5. The van der Waals surface area contributed by atoms with Crippen molar-refractivity contribution in [2.75, 3.05) is 0 Å². The highest BCUT2D eigenvalue weighted by Crippen LogP contribution is 2.34. The number of non-ortho nitro benzene ring substituents is 1. The van der Waals surface area contributed by atoms with Gasteiger partial charge in [-0.1, -0.05) is 42.1 Å². The zero-order valence-electron chi connectivity index (χ0n) is 19.5. The van der Waals surface area contributed by atoms with Crippen molar-refractivity contribution in [2.45, 2.75) is 16.8 Å². The third-order valence-corrected chi connectivity index (χ3v) is 6.54. The summed E-state index contributed by atoms with van der Waals surface area (Å²) < 4.78 is 1.83. The number of aryl methyl sites for hydroxylation is 1. The number of nitrogens with zero attached hydrogens (tertiary/aromatic N) is 5. The molecule has 0 saturated carbocycles. The molecule has 11 nitrogen and oxygen atoms in total. The molecule has 2 aromatic heterocycles. The van der Waals surface area contributed by atoms with E-state index in [9.17, 15) is 14.9 Å². The predicted octanol–water partition coefficient (Wildman–Crippen LogP) is 4.79. The first-order chi connectivity index (χ1) is 17.9. The van der Waals surface area contributed by atoms with Crippen LogP contribution in [0.4, 0.5) is 10.5 Å². The Morgan fingerprint density at radius 3 is 2.62 bits per heavy atom. The Kier molecular flexibility index (Phi) is 6.39. The minimum Gasteiger partial charge on any atom is -0.350 e. The number of H-pyrrole nitrogens is 1. The molecule has 0 aliphatic rings. The maximum Gasteiger partial charge on any atom is 0.332 e. The number of fused-ring (bicyclic) bond motifs is 1. The Bertz CT molecular complexity index is 1640. The molecule has 12 heteroatoms. The number of para-hydroxylation sites is 1. The maximum absolute atomic E-state index is 11.1. The van der Waals surface area contributed by atoms with E-state index in [4.69, 9.17) is 5.73 Å². The molecule has 0 unspecified atom stereocenters. The van der Waals surface area contributed by atoms with Crippen LogP contribution in [-0.4, -0.2) is 36.9 Å². The molecular weight excluding hydrogens is 492 g/mol. The number of nitrogens with two attached hydrogens (primary N) is 1. The number of hydrogen-bond donors (Lipinski definition) is 3. The number of aromatic amines is 1. The van der Waals surface area contributed by atoms with Crippen molar-refractivity contribution in [3.05, 3.63) is 94.2 Å². The summed E-state index contributed by atoms with van der Waals surface area (Å²) in [5.41, 5.74) is 11.8. The third kappa shape index (κ3) is 5.04. The molecule has 0 radical (unpaired) electrons. The van der Waals surface area contributed by atoms with Crippen LogP contribution in [-0.2, 0) is 0 Å². The van der Waals surface area contributed by atoms with Gasteiger partial charge in [0.1, 0.15) is 10.9 Å². The van der Waals surface area contributed by atoms with Crippen LogP contribution in [0.3, 0.4) is 0 Å². The van der Waals surface area contributed by atoms with Crippen molar-refractivity contribution in [3.8, 4) is 17.1 Å². The summed E-state index contributed by atoms with van der Waals surface area (Å²) in [6.45, 7) is 1.87. The molecule has 2 amide bonds. The summed E-state index contributed by atoms with van der Waals surface area (Å²) in [6.07, 6.45) is 1.52. The van der Waals surface area contributed by atoms with Crippen LogP contribution in [0.1, 0.15) is 11.3 Å². The van der Waals surface area contributed by atoms with Gasteiger partial charge in [-0.05, 0) is 37.3 Å². The van der Waals surface area contributed by atoms with Crippen LogP contribution in [0.2, 0.25) is 0 Å². The molecule has 0 atom stereocenters. The Morgan fingerprint density at radius 2 is 1.92 bits per heavy atom. The summed E-state index contributed by atoms with van der Waals surface area (Å²) in [7, 11) is 0. The molecule has 0 aliphatic heterocycles. The summed E-state index contributed by atoms with van der Waals surface area (Å²) in [5.74, 6) is 0.613. The fourth-order valence-electron chi connectivity index (χ4n) is 3.71. The molecule has 5 rings (SSSR count). The van der Waals surface area contributed by atoms with Crippen LogP contribution in [0.25, 0.3) is 28.1 Å². The normalized spacial score (nSPS) is 11.3. The Balaban J connectivity index is 1.47. The fourth-order valence-corrected chi connectivity index (χ4v) is 4.75. The van der Waals surface area contributed by atoms with Crippen molar-refractivity contribution >= 4 is 40.7 Å². The van der Waals surface area contributed by atoms with E-state index in [1.54, 1.807) is 6.07 Å². The largest absolute Gasteiger partial charge is 0.350 e. The number of urea groups is 1. The lowest BCUT2D eigenvalue weighted by Gasteiger charge is -2.09. The van der Waals surface area contributed by atoms with E-state index in [0.717, 1.165) is 32.4 Å². The van der Waals surface area contributed by atoms with Gasteiger partial charge < -0.3 is 10.7 Å². The molecular formula is C25H20N8O3S. The highest BCUT2D eigenvalue weighted by molar-refractivity contribution is 7.99. The number of benzene rings is 3. The lowest BCUT2D eigenvalue weighted by atomic mass is 10.2. The van der Waals surface area contributed by atoms with Crippen LogP contribution >= 0.6 is 11.8 Å². The van der Waals surface area contributed by atoms with E-state index in [-0.39, 0.29) is 5.69 Å². The van der Waals surface area contributed by atoms with Crippen LogP contribution in [0.15, 0.2) is 87.8 Å². The average molecular weight is 513 g/mol. The minimum atomic E-state index is -0.755. The van der Waals surface area contributed by atoms with Gasteiger partial charge in [-0.2, -0.15) is 10.2 Å². The van der Waals surface area contributed by atoms with Gasteiger partial charge in [-0.3, -0.25) is 10.1 Å². The third-order valence-electron chi connectivity index (χ3n) is 5.45. The van der Waals surface area contributed by atoms with Crippen LogP contribution < -0.4 is 11.2 Å². The number of hydrazone groups is 1. The van der Waals surface area contributed by atoms with E-state index in [1.165, 1.54) is 30.1 Å². The Morgan fingerprint density at radius 1 is 1.16 bits per heavy atom. The molecule has 0 fully saturated rings. The molecule has 0 bridgehead atoms. The van der Waals surface area contributed by atoms with Gasteiger partial charge in [-0.25, -0.2) is 19.9 Å². The van der Waals surface area contributed by atoms with Gasteiger partial charge >= 0.3 is 6.03 Å². The van der Waals surface area contributed by atoms with E-state index < -0.39 is 11.0 Å². The van der Waals surface area contributed by atoms with Gasteiger partial charge in [0.25, 0.3) is 5.69 Å². The molecule has 5 aromatic rings. The smallest absolute Gasteiger partial charge is 0.332 e. The highest BCUT2D eigenvalue weighted by Gasteiger charge is 2.17. The first-order valence-electron chi connectivity index (χ1n) is 11.0. The fraction of sp³-hybridized carbons (Fsp3) is 0.0400. The molecule has 2 heterocycles. The van der Waals surface area contributed by atoms with Gasteiger partial charge in [0.2, 0.25) is 0 Å². The molecule has 37 heavy (non-hydrogen) atoms. The van der Waals surface area contributed by atoms with Crippen molar-refractivity contribution in [2.24, 2.45) is 10.8 Å². The van der Waals surface area contributed by atoms with E-state index >= 15 is 0 Å². The molecule has 3 aromatic carbocycles. The van der Waals surface area contributed by atoms with Gasteiger partial charge in [-0.15, -0.1) is 0 Å². The lowest BCUT2D eigenvalue weighted by molar-refractivity contribution is -0.384. The second kappa shape index (κ2) is 9.95. The van der Waals surface area contributed by atoms with Crippen LogP contribution in [0, 0.1) is 17.0 Å². The van der Waals surface area contributed by atoms with Crippen molar-refractivity contribution in [1.29, 1.82) is 0 Å². The van der Waals surface area contributed by atoms with Crippen molar-refractivity contribution < 1.29 is 9.72 Å². The number of imidazole rings is 1. The topological polar surface area (TPSA) is 157 Å².